The quantitative estimate of drug-likeness (QED) is 0.681. The summed E-state index contributed by atoms with van der Waals surface area (Å²) in [6.45, 7) is 1.98. The molecule has 0 aliphatic rings. The van der Waals surface area contributed by atoms with Crippen molar-refractivity contribution < 1.29 is 9.59 Å². The summed E-state index contributed by atoms with van der Waals surface area (Å²) in [7, 11) is 3.50. The minimum atomic E-state index is -0.211. The first kappa shape index (κ1) is 15.9. The van der Waals surface area contributed by atoms with Crippen LogP contribution < -0.4 is 5.43 Å². The topological polar surface area (TPSA) is 49.4 Å². The van der Waals surface area contributed by atoms with Gasteiger partial charge in [0.1, 0.15) is 0 Å². The number of hydrogen-bond acceptors (Lipinski definition) is 3. The summed E-state index contributed by atoms with van der Waals surface area (Å²) in [6.07, 6.45) is 0.208. The Morgan fingerprint density at radius 3 is 2.27 bits per heavy atom. The summed E-state index contributed by atoms with van der Waals surface area (Å²) in [5, 5.41) is 1.58. The number of nitrogens with one attached hydrogen (secondary N) is 1. The van der Waals surface area contributed by atoms with Gasteiger partial charge in [-0.2, -0.15) is 0 Å². The van der Waals surface area contributed by atoms with Crippen molar-refractivity contribution >= 4 is 11.7 Å². The van der Waals surface area contributed by atoms with Gasteiger partial charge in [0, 0.05) is 31.6 Å². The van der Waals surface area contributed by atoms with E-state index in [0.717, 1.165) is 11.1 Å². The highest BCUT2D eigenvalue weighted by atomic mass is 16.2. The van der Waals surface area contributed by atoms with Gasteiger partial charge in [0.15, 0.2) is 5.78 Å². The van der Waals surface area contributed by atoms with E-state index < -0.39 is 0 Å². The van der Waals surface area contributed by atoms with Gasteiger partial charge in [-0.05, 0) is 18.6 Å². The fourth-order valence-corrected chi connectivity index (χ4v) is 2.17. The molecule has 0 spiro atoms. The zero-order valence-electron chi connectivity index (χ0n) is 13.1. The van der Waals surface area contributed by atoms with Crippen LogP contribution in [0.15, 0.2) is 48.5 Å². The molecular weight excluding hydrogens is 276 g/mol. The molecule has 4 nitrogen and oxygen atoms in total. The highest BCUT2D eigenvalue weighted by Crippen LogP contribution is 2.13. The van der Waals surface area contributed by atoms with Gasteiger partial charge in [-0.3, -0.25) is 15.0 Å². The van der Waals surface area contributed by atoms with Crippen molar-refractivity contribution in [3.05, 3.63) is 70.8 Å². The molecule has 0 aliphatic heterocycles. The number of carbonyl (C=O) groups is 2. The largest absolute Gasteiger partial charge is 0.294 e. The van der Waals surface area contributed by atoms with Crippen molar-refractivity contribution in [2.75, 3.05) is 14.1 Å². The van der Waals surface area contributed by atoms with E-state index in [4.69, 9.17) is 0 Å². The zero-order chi connectivity index (χ0) is 16.1. The van der Waals surface area contributed by atoms with E-state index >= 15 is 0 Å². The van der Waals surface area contributed by atoms with Gasteiger partial charge < -0.3 is 0 Å². The molecule has 0 aromatic heterocycles. The highest BCUT2D eigenvalue weighted by molar-refractivity contribution is 6.01. The lowest BCUT2D eigenvalue weighted by molar-refractivity contribution is 0.0856. The number of aryl methyl sites for hydroxylation is 1. The van der Waals surface area contributed by atoms with Gasteiger partial charge in [0.05, 0.1) is 0 Å². The Bertz CT molecular complexity index is 676. The second-order valence-electron chi connectivity index (χ2n) is 5.46. The fraction of sp³-hybridized carbons (Fsp3) is 0.222. The highest BCUT2D eigenvalue weighted by Gasteiger charge is 2.15. The molecule has 0 bridgehead atoms. The zero-order valence-corrected chi connectivity index (χ0v) is 13.1. The van der Waals surface area contributed by atoms with Crippen molar-refractivity contribution in [2.24, 2.45) is 0 Å². The van der Waals surface area contributed by atoms with Crippen LogP contribution in [0.3, 0.4) is 0 Å². The Balaban J connectivity index is 2.21. The van der Waals surface area contributed by atoms with E-state index in [0.29, 0.717) is 11.1 Å². The first-order chi connectivity index (χ1) is 10.5. The second-order valence-corrected chi connectivity index (χ2v) is 5.46. The summed E-state index contributed by atoms with van der Waals surface area (Å²) >= 11 is 0. The Kier molecular flexibility index (Phi) is 5.07. The predicted octanol–water partition coefficient (Wildman–Crippen LogP) is 2.63. The van der Waals surface area contributed by atoms with Crippen LogP contribution in [-0.4, -0.2) is 30.8 Å². The molecule has 0 atom stereocenters. The Hall–Kier alpha value is -2.46. The maximum absolute atomic E-state index is 12.4. The van der Waals surface area contributed by atoms with Gasteiger partial charge in [0.2, 0.25) is 0 Å². The molecular formula is C18H20N2O2. The van der Waals surface area contributed by atoms with Crippen LogP contribution in [0.4, 0.5) is 0 Å². The lowest BCUT2D eigenvalue weighted by atomic mass is 9.98. The van der Waals surface area contributed by atoms with E-state index in [1.54, 1.807) is 31.2 Å². The smallest absolute Gasteiger partial charge is 0.265 e. The first-order valence-electron chi connectivity index (χ1n) is 7.13. The summed E-state index contributed by atoms with van der Waals surface area (Å²) in [6, 6.07) is 14.7. The van der Waals surface area contributed by atoms with Crippen LogP contribution in [0.5, 0.6) is 0 Å². The summed E-state index contributed by atoms with van der Waals surface area (Å²) < 4.78 is 0. The standard InChI is InChI=1S/C18H20N2O2/c1-13-8-10-14(11-9-13)17(21)12-15-6-4-5-7-16(15)18(22)19-20(2)3/h4-11H,12H2,1-3H3,(H,19,22). The predicted molar refractivity (Wildman–Crippen MR) is 86.8 cm³/mol. The van der Waals surface area contributed by atoms with Crippen molar-refractivity contribution in [3.8, 4) is 0 Å². The normalized spacial score (nSPS) is 10.5. The van der Waals surface area contributed by atoms with Gasteiger partial charge in [-0.1, -0.05) is 48.0 Å². The third-order valence-electron chi connectivity index (χ3n) is 3.31. The lowest BCUT2D eigenvalue weighted by Gasteiger charge is -2.14. The fourth-order valence-electron chi connectivity index (χ4n) is 2.17. The van der Waals surface area contributed by atoms with E-state index in [2.05, 4.69) is 5.43 Å². The molecule has 22 heavy (non-hydrogen) atoms. The van der Waals surface area contributed by atoms with Gasteiger partial charge in [0.25, 0.3) is 5.91 Å². The average Bonchev–Trinajstić information content (AvgIpc) is 2.47. The minimum Gasteiger partial charge on any atom is -0.294 e. The van der Waals surface area contributed by atoms with Gasteiger partial charge in [-0.25, -0.2) is 5.01 Å². The van der Waals surface area contributed by atoms with Crippen molar-refractivity contribution in [1.82, 2.24) is 10.4 Å². The molecule has 2 rings (SSSR count). The molecule has 2 aromatic carbocycles. The number of hydrogen-bond donors (Lipinski definition) is 1. The average molecular weight is 296 g/mol. The molecule has 114 valence electrons. The molecule has 0 saturated carbocycles. The number of rotatable bonds is 5. The Morgan fingerprint density at radius 2 is 1.64 bits per heavy atom. The molecule has 4 heteroatoms. The third-order valence-corrected chi connectivity index (χ3v) is 3.31. The van der Waals surface area contributed by atoms with Crippen LogP contribution in [0.2, 0.25) is 0 Å². The molecule has 0 radical (unpaired) electrons. The van der Waals surface area contributed by atoms with E-state index in [-0.39, 0.29) is 18.1 Å². The molecule has 2 aromatic rings. The van der Waals surface area contributed by atoms with Crippen LogP contribution >= 0.6 is 0 Å². The molecule has 0 fully saturated rings. The Labute approximate surface area is 130 Å². The summed E-state index contributed by atoms with van der Waals surface area (Å²) in [5.74, 6) is -0.206. The minimum absolute atomic E-state index is 0.00473. The van der Waals surface area contributed by atoms with Crippen LogP contribution in [0, 0.1) is 6.92 Å². The monoisotopic (exact) mass is 296 g/mol. The number of ketones is 1. The molecule has 1 N–H and O–H groups in total. The lowest BCUT2D eigenvalue weighted by Crippen LogP contribution is -2.36. The molecule has 0 aliphatic carbocycles. The summed E-state index contributed by atoms with van der Waals surface area (Å²) in [4.78, 5) is 24.6. The second kappa shape index (κ2) is 7.00. The van der Waals surface area contributed by atoms with Crippen LogP contribution in [0.25, 0.3) is 0 Å². The van der Waals surface area contributed by atoms with E-state index in [9.17, 15) is 9.59 Å². The number of hydrazine groups is 1. The molecule has 0 heterocycles. The van der Waals surface area contributed by atoms with E-state index in [1.807, 2.05) is 43.3 Å². The number of amides is 1. The number of benzene rings is 2. The number of nitrogens with zero attached hydrogens (tertiary/aromatic N) is 1. The van der Waals surface area contributed by atoms with Crippen LogP contribution in [0.1, 0.15) is 31.8 Å². The van der Waals surface area contributed by atoms with Gasteiger partial charge in [-0.15, -0.1) is 0 Å². The molecule has 0 unspecified atom stereocenters. The molecule has 1 amide bonds. The summed E-state index contributed by atoms with van der Waals surface area (Å²) in [5.41, 5.74) is 5.73. The third kappa shape index (κ3) is 4.02. The number of Topliss-reactive ketones (excluding diaryl/α,β-unsaturated/α-hetero) is 1. The Morgan fingerprint density at radius 1 is 1.00 bits per heavy atom. The first-order valence-corrected chi connectivity index (χ1v) is 7.13. The van der Waals surface area contributed by atoms with Crippen molar-refractivity contribution in [3.63, 3.8) is 0 Å². The molecule has 0 saturated heterocycles. The van der Waals surface area contributed by atoms with Crippen molar-refractivity contribution in [2.45, 2.75) is 13.3 Å². The van der Waals surface area contributed by atoms with Crippen LogP contribution in [-0.2, 0) is 6.42 Å². The van der Waals surface area contributed by atoms with Gasteiger partial charge >= 0.3 is 0 Å². The maximum Gasteiger partial charge on any atom is 0.265 e. The number of carbonyl (C=O) groups excluding carboxylic acids is 2. The van der Waals surface area contributed by atoms with Crippen molar-refractivity contribution in [1.29, 1.82) is 0 Å². The maximum atomic E-state index is 12.4. The SMILES string of the molecule is Cc1ccc(C(=O)Cc2ccccc2C(=O)NN(C)C)cc1. The van der Waals surface area contributed by atoms with E-state index in [1.165, 1.54) is 0 Å².